The first-order valence-corrected chi connectivity index (χ1v) is 10.0. The number of nitrogens with one attached hydrogen (secondary N) is 2. The van der Waals surface area contributed by atoms with Gasteiger partial charge in [-0.1, -0.05) is 0 Å². The molecular weight excluding hydrogens is 402 g/mol. The summed E-state index contributed by atoms with van der Waals surface area (Å²) >= 11 is 0. The van der Waals surface area contributed by atoms with Gasteiger partial charge in [-0.05, 0) is 36.4 Å². The number of methoxy groups -OCH3 is 1. The van der Waals surface area contributed by atoms with Gasteiger partial charge < -0.3 is 9.72 Å². The van der Waals surface area contributed by atoms with Crippen molar-refractivity contribution in [2.75, 3.05) is 7.11 Å². The van der Waals surface area contributed by atoms with E-state index in [1.165, 1.54) is 0 Å². The minimum Gasteiger partial charge on any atom is -0.495 e. The van der Waals surface area contributed by atoms with Crippen molar-refractivity contribution in [1.29, 1.82) is 0 Å². The monoisotopic (exact) mass is 419 g/mol. The SMILES string of the molecule is COc1cncc(-c2cc3c(-c4cc5c(-c6ccncc6)nccc5[nH]4)n[nH]c3cn2)c1. The average Bonchev–Trinajstić information content (AvgIpc) is 3.48. The number of fused-ring (bicyclic) bond motifs is 2. The molecule has 0 radical (unpaired) electrons. The number of rotatable bonds is 4. The number of hydrogen-bond acceptors (Lipinski definition) is 6. The summed E-state index contributed by atoms with van der Waals surface area (Å²) in [4.78, 5) is 21.0. The number of hydrogen-bond donors (Lipinski definition) is 2. The predicted molar refractivity (Wildman–Crippen MR) is 122 cm³/mol. The quantitative estimate of drug-likeness (QED) is 0.431. The van der Waals surface area contributed by atoms with E-state index in [2.05, 4.69) is 41.2 Å². The molecule has 6 aromatic rings. The molecule has 0 spiro atoms. The normalized spacial score (nSPS) is 11.3. The number of aromatic nitrogens is 7. The highest BCUT2D eigenvalue weighted by molar-refractivity contribution is 6.00. The van der Waals surface area contributed by atoms with Gasteiger partial charge in [-0.15, -0.1) is 0 Å². The number of pyridine rings is 4. The molecule has 0 saturated carbocycles. The van der Waals surface area contributed by atoms with E-state index in [1.807, 2.05) is 30.3 Å². The lowest BCUT2D eigenvalue weighted by atomic mass is 10.1. The van der Waals surface area contributed by atoms with E-state index in [0.29, 0.717) is 5.75 Å². The van der Waals surface area contributed by atoms with Gasteiger partial charge in [-0.2, -0.15) is 5.10 Å². The van der Waals surface area contributed by atoms with Gasteiger partial charge in [0.2, 0.25) is 0 Å². The smallest absolute Gasteiger partial charge is 0.137 e. The molecule has 0 amide bonds. The van der Waals surface area contributed by atoms with Crippen LogP contribution in [0.4, 0.5) is 0 Å². The summed E-state index contributed by atoms with van der Waals surface area (Å²) in [6.07, 6.45) is 10.6. The highest BCUT2D eigenvalue weighted by Crippen LogP contribution is 2.33. The maximum absolute atomic E-state index is 5.30. The molecule has 0 saturated heterocycles. The highest BCUT2D eigenvalue weighted by Gasteiger charge is 2.15. The van der Waals surface area contributed by atoms with Gasteiger partial charge >= 0.3 is 0 Å². The molecule has 6 heterocycles. The fourth-order valence-electron chi connectivity index (χ4n) is 3.87. The van der Waals surface area contributed by atoms with Crippen LogP contribution in [0, 0.1) is 0 Å². The molecule has 0 aliphatic carbocycles. The number of H-pyrrole nitrogens is 2. The van der Waals surface area contributed by atoms with Gasteiger partial charge in [-0.3, -0.25) is 25.0 Å². The maximum Gasteiger partial charge on any atom is 0.137 e. The zero-order chi connectivity index (χ0) is 21.5. The van der Waals surface area contributed by atoms with E-state index in [9.17, 15) is 0 Å². The van der Waals surface area contributed by atoms with Crippen LogP contribution in [-0.4, -0.2) is 42.2 Å². The fraction of sp³-hybridized carbons (Fsp3) is 0.0417. The van der Waals surface area contributed by atoms with E-state index in [0.717, 1.165) is 55.7 Å². The summed E-state index contributed by atoms with van der Waals surface area (Å²) < 4.78 is 5.30. The Labute approximate surface area is 182 Å². The lowest BCUT2D eigenvalue weighted by Crippen LogP contribution is -1.88. The van der Waals surface area contributed by atoms with Crippen molar-refractivity contribution in [3.05, 3.63) is 73.6 Å². The van der Waals surface area contributed by atoms with Crippen LogP contribution in [0.1, 0.15) is 0 Å². The van der Waals surface area contributed by atoms with Crippen LogP contribution in [0.3, 0.4) is 0 Å². The van der Waals surface area contributed by atoms with Crippen molar-refractivity contribution >= 4 is 21.8 Å². The Balaban J connectivity index is 1.50. The third-order valence-electron chi connectivity index (χ3n) is 5.45. The van der Waals surface area contributed by atoms with Crippen molar-refractivity contribution in [2.45, 2.75) is 0 Å². The molecule has 0 fully saturated rings. The predicted octanol–water partition coefficient (Wildman–Crippen LogP) is 4.63. The largest absolute Gasteiger partial charge is 0.495 e. The summed E-state index contributed by atoms with van der Waals surface area (Å²) in [5, 5.41) is 9.63. The molecule has 8 nitrogen and oxygen atoms in total. The topological polar surface area (TPSA) is 105 Å². The minimum absolute atomic E-state index is 0.684. The molecular formula is C24H17N7O. The second-order valence-electron chi connectivity index (χ2n) is 7.34. The Morgan fingerprint density at radius 1 is 0.750 bits per heavy atom. The summed E-state index contributed by atoms with van der Waals surface area (Å²) in [6.45, 7) is 0. The number of nitrogens with zero attached hydrogens (tertiary/aromatic N) is 5. The van der Waals surface area contributed by atoms with Gasteiger partial charge in [0.15, 0.2) is 0 Å². The summed E-state index contributed by atoms with van der Waals surface area (Å²) in [6, 6.07) is 11.9. The van der Waals surface area contributed by atoms with Gasteiger partial charge in [-0.25, -0.2) is 0 Å². The summed E-state index contributed by atoms with van der Waals surface area (Å²) in [5.41, 5.74) is 7.14. The Morgan fingerprint density at radius 2 is 1.62 bits per heavy atom. The molecule has 8 heteroatoms. The molecule has 0 aliphatic heterocycles. The van der Waals surface area contributed by atoms with E-state index in [1.54, 1.807) is 44.3 Å². The van der Waals surface area contributed by atoms with Gasteiger partial charge in [0, 0.05) is 52.2 Å². The number of ether oxygens (including phenoxy) is 1. The van der Waals surface area contributed by atoms with E-state index in [-0.39, 0.29) is 0 Å². The van der Waals surface area contributed by atoms with Crippen molar-refractivity contribution in [3.8, 4) is 39.7 Å². The second kappa shape index (κ2) is 7.28. The molecule has 0 aliphatic rings. The molecule has 6 rings (SSSR count). The molecule has 2 N–H and O–H groups in total. The van der Waals surface area contributed by atoms with Crippen LogP contribution in [0.2, 0.25) is 0 Å². The fourth-order valence-corrected chi connectivity index (χ4v) is 3.87. The van der Waals surface area contributed by atoms with E-state index in [4.69, 9.17) is 4.74 Å². The van der Waals surface area contributed by atoms with Crippen molar-refractivity contribution in [2.24, 2.45) is 0 Å². The first kappa shape index (κ1) is 18.2. The third kappa shape index (κ3) is 2.97. The molecule has 0 unspecified atom stereocenters. The van der Waals surface area contributed by atoms with Crippen LogP contribution >= 0.6 is 0 Å². The summed E-state index contributed by atoms with van der Waals surface area (Å²) in [7, 11) is 1.62. The van der Waals surface area contributed by atoms with Crippen molar-refractivity contribution in [3.63, 3.8) is 0 Å². The van der Waals surface area contributed by atoms with Gasteiger partial charge in [0.05, 0.1) is 42.1 Å². The Morgan fingerprint density at radius 3 is 2.50 bits per heavy atom. The third-order valence-corrected chi connectivity index (χ3v) is 5.45. The van der Waals surface area contributed by atoms with Gasteiger partial charge in [0.25, 0.3) is 0 Å². The first-order valence-electron chi connectivity index (χ1n) is 10.0. The Hall–Kier alpha value is -4.59. The standard InChI is InChI=1S/C24H17N7O/c1-32-16-8-15(11-26-12-16)20-9-18-22(13-28-20)30-31-24(18)21-10-17-19(29-21)4-7-27-23(17)14-2-5-25-6-3-14/h2-13,29H,1H3,(H,30,31). The number of aromatic amines is 2. The molecule has 154 valence electrons. The summed E-state index contributed by atoms with van der Waals surface area (Å²) in [5.74, 6) is 0.684. The zero-order valence-corrected chi connectivity index (χ0v) is 17.1. The average molecular weight is 419 g/mol. The minimum atomic E-state index is 0.684. The van der Waals surface area contributed by atoms with Gasteiger partial charge in [0.1, 0.15) is 11.4 Å². The zero-order valence-electron chi connectivity index (χ0n) is 17.1. The van der Waals surface area contributed by atoms with Crippen LogP contribution in [0.5, 0.6) is 5.75 Å². The van der Waals surface area contributed by atoms with Crippen LogP contribution in [0.25, 0.3) is 55.7 Å². The van der Waals surface area contributed by atoms with Crippen molar-refractivity contribution < 1.29 is 4.74 Å². The molecule has 0 aromatic carbocycles. The van der Waals surface area contributed by atoms with E-state index < -0.39 is 0 Å². The first-order chi connectivity index (χ1) is 15.8. The lowest BCUT2D eigenvalue weighted by molar-refractivity contribution is 0.413. The van der Waals surface area contributed by atoms with Crippen LogP contribution < -0.4 is 4.74 Å². The highest BCUT2D eigenvalue weighted by atomic mass is 16.5. The maximum atomic E-state index is 5.30. The van der Waals surface area contributed by atoms with Crippen LogP contribution in [0.15, 0.2) is 73.6 Å². The molecule has 0 bridgehead atoms. The lowest BCUT2D eigenvalue weighted by Gasteiger charge is -2.04. The Kier molecular flexibility index (Phi) is 4.14. The molecule has 32 heavy (non-hydrogen) atoms. The molecule has 0 atom stereocenters. The molecule has 6 aromatic heterocycles. The second-order valence-corrected chi connectivity index (χ2v) is 7.34. The van der Waals surface area contributed by atoms with Crippen LogP contribution in [-0.2, 0) is 0 Å². The Bertz CT molecular complexity index is 1570. The van der Waals surface area contributed by atoms with Crippen molar-refractivity contribution in [1.82, 2.24) is 35.1 Å². The van der Waals surface area contributed by atoms with E-state index >= 15 is 0 Å².